The summed E-state index contributed by atoms with van der Waals surface area (Å²) in [5.74, 6) is -0.340. The van der Waals surface area contributed by atoms with Gasteiger partial charge in [-0.3, -0.25) is 9.59 Å². The first-order chi connectivity index (χ1) is 16.2. The van der Waals surface area contributed by atoms with Gasteiger partial charge in [-0.25, -0.2) is 8.42 Å². The number of methoxy groups -OCH3 is 2. The smallest absolute Gasteiger partial charge is 0.243 e. The third-order valence-corrected chi connectivity index (χ3v) is 7.00. The van der Waals surface area contributed by atoms with Crippen molar-refractivity contribution >= 4 is 39.0 Å². The van der Waals surface area contributed by atoms with E-state index in [9.17, 15) is 18.0 Å². The van der Waals surface area contributed by atoms with Gasteiger partial charge in [0, 0.05) is 29.3 Å². The van der Waals surface area contributed by atoms with Gasteiger partial charge in [0.2, 0.25) is 15.9 Å². The van der Waals surface area contributed by atoms with E-state index in [1.165, 1.54) is 57.7 Å². The van der Waals surface area contributed by atoms with Gasteiger partial charge in [-0.1, -0.05) is 41.9 Å². The number of ether oxygens (including phenoxy) is 2. The first kappa shape index (κ1) is 25.2. The van der Waals surface area contributed by atoms with E-state index in [0.717, 1.165) is 4.31 Å². The van der Waals surface area contributed by atoms with Gasteiger partial charge in [0.25, 0.3) is 0 Å². The number of hydrogen-bond donors (Lipinski definition) is 1. The lowest BCUT2D eigenvalue weighted by Gasteiger charge is -2.18. The van der Waals surface area contributed by atoms with E-state index in [1.807, 2.05) is 0 Å². The summed E-state index contributed by atoms with van der Waals surface area (Å²) in [7, 11) is 0.105. The predicted molar refractivity (Wildman–Crippen MR) is 129 cm³/mol. The molecule has 0 spiro atoms. The number of nitrogens with one attached hydrogen (secondary N) is 1. The van der Waals surface area contributed by atoms with Gasteiger partial charge in [-0.05, 0) is 30.3 Å². The molecule has 0 atom stereocenters. The number of ketones is 1. The van der Waals surface area contributed by atoms with Crippen LogP contribution in [-0.2, 0) is 14.8 Å². The van der Waals surface area contributed by atoms with Gasteiger partial charge in [0.05, 0.1) is 31.3 Å². The van der Waals surface area contributed by atoms with Crippen LogP contribution in [0.2, 0.25) is 5.02 Å². The highest BCUT2D eigenvalue weighted by Gasteiger charge is 2.25. The van der Waals surface area contributed by atoms with Crippen molar-refractivity contribution in [2.24, 2.45) is 0 Å². The first-order valence-corrected chi connectivity index (χ1v) is 11.9. The minimum Gasteiger partial charge on any atom is -0.493 e. The fourth-order valence-corrected chi connectivity index (χ4v) is 4.51. The number of rotatable bonds is 9. The molecule has 3 rings (SSSR count). The van der Waals surface area contributed by atoms with Crippen LogP contribution in [-0.4, -0.2) is 52.2 Å². The van der Waals surface area contributed by atoms with Gasteiger partial charge in [0.15, 0.2) is 17.3 Å². The molecule has 8 nitrogen and oxygen atoms in total. The molecule has 3 aromatic carbocycles. The van der Waals surface area contributed by atoms with Crippen molar-refractivity contribution in [2.45, 2.75) is 4.90 Å². The lowest BCUT2D eigenvalue weighted by molar-refractivity contribution is -0.116. The Morgan fingerprint density at radius 1 is 0.941 bits per heavy atom. The molecule has 1 amide bonds. The van der Waals surface area contributed by atoms with E-state index >= 15 is 0 Å². The molecule has 0 bridgehead atoms. The SMILES string of the molecule is COc1ccc(S(=O)(=O)N(C)CC(=O)Nc2ccc(Cl)cc2C(=O)c2ccccc2)cc1OC. The van der Waals surface area contributed by atoms with Crippen LogP contribution in [0.15, 0.2) is 71.6 Å². The van der Waals surface area contributed by atoms with Crippen molar-refractivity contribution in [3.63, 3.8) is 0 Å². The van der Waals surface area contributed by atoms with E-state index in [4.69, 9.17) is 21.1 Å². The lowest BCUT2D eigenvalue weighted by atomic mass is 10.0. The van der Waals surface area contributed by atoms with E-state index in [1.54, 1.807) is 30.3 Å². The summed E-state index contributed by atoms with van der Waals surface area (Å²) in [6.45, 7) is -0.488. The number of hydrogen-bond acceptors (Lipinski definition) is 6. The molecule has 0 heterocycles. The van der Waals surface area contributed by atoms with Gasteiger partial charge in [-0.2, -0.15) is 4.31 Å². The molecule has 34 heavy (non-hydrogen) atoms. The fourth-order valence-electron chi connectivity index (χ4n) is 3.19. The average Bonchev–Trinajstić information content (AvgIpc) is 2.84. The maximum absolute atomic E-state index is 13.0. The second-order valence-electron chi connectivity index (χ2n) is 7.21. The molecule has 1 N–H and O–H groups in total. The summed E-state index contributed by atoms with van der Waals surface area (Å²) in [6.07, 6.45) is 0. The van der Waals surface area contributed by atoms with Crippen LogP contribution in [0.5, 0.6) is 11.5 Å². The van der Waals surface area contributed by atoms with Crippen LogP contribution >= 0.6 is 11.6 Å². The van der Waals surface area contributed by atoms with Gasteiger partial charge in [-0.15, -0.1) is 0 Å². The van der Waals surface area contributed by atoms with Crippen molar-refractivity contribution in [3.8, 4) is 11.5 Å². The highest BCUT2D eigenvalue weighted by molar-refractivity contribution is 7.89. The number of sulfonamides is 1. The largest absolute Gasteiger partial charge is 0.493 e. The topological polar surface area (TPSA) is 102 Å². The number of halogens is 1. The number of anilines is 1. The number of likely N-dealkylation sites (N-methyl/N-ethyl adjacent to an activating group) is 1. The second-order valence-corrected chi connectivity index (χ2v) is 9.69. The number of carbonyl (C=O) groups excluding carboxylic acids is 2. The van der Waals surface area contributed by atoms with Crippen LogP contribution in [0.25, 0.3) is 0 Å². The van der Waals surface area contributed by atoms with E-state index in [0.29, 0.717) is 16.3 Å². The van der Waals surface area contributed by atoms with Crippen molar-refractivity contribution in [1.82, 2.24) is 4.31 Å². The fraction of sp³-hybridized carbons (Fsp3) is 0.167. The number of nitrogens with zero attached hydrogens (tertiary/aromatic N) is 1. The minimum atomic E-state index is -4.01. The van der Waals surface area contributed by atoms with Gasteiger partial charge >= 0.3 is 0 Å². The third-order valence-electron chi connectivity index (χ3n) is 4.97. The molecular weight excluding hydrogens is 480 g/mol. The van der Waals surface area contributed by atoms with Crippen molar-refractivity contribution in [3.05, 3.63) is 82.9 Å². The predicted octanol–water partition coefficient (Wildman–Crippen LogP) is 3.85. The van der Waals surface area contributed by atoms with Crippen molar-refractivity contribution in [1.29, 1.82) is 0 Å². The number of carbonyl (C=O) groups is 2. The van der Waals surface area contributed by atoms with E-state index in [-0.39, 0.29) is 27.7 Å². The molecule has 0 saturated heterocycles. The standard InChI is InChI=1S/C24H23ClN2O6S/c1-27(34(30,31)18-10-12-21(32-2)22(14-18)33-3)15-23(28)26-20-11-9-17(25)13-19(20)24(29)16-7-5-4-6-8-16/h4-14H,15H2,1-3H3,(H,26,28). The number of amides is 1. The molecule has 3 aromatic rings. The van der Waals surface area contributed by atoms with E-state index in [2.05, 4.69) is 5.32 Å². The summed E-state index contributed by atoms with van der Waals surface area (Å²) in [5.41, 5.74) is 0.839. The second kappa shape index (κ2) is 10.7. The summed E-state index contributed by atoms with van der Waals surface area (Å²) >= 11 is 6.07. The molecular formula is C24H23ClN2O6S. The monoisotopic (exact) mass is 502 g/mol. The summed E-state index contributed by atoms with van der Waals surface area (Å²) in [5, 5.41) is 2.94. The third kappa shape index (κ3) is 5.56. The molecule has 0 fully saturated rings. The molecule has 0 radical (unpaired) electrons. The van der Waals surface area contributed by atoms with Gasteiger partial charge in [0.1, 0.15) is 0 Å². The molecule has 178 valence electrons. The Kier molecular flexibility index (Phi) is 7.93. The van der Waals surface area contributed by atoms with Crippen LogP contribution in [0.1, 0.15) is 15.9 Å². The van der Waals surface area contributed by atoms with E-state index < -0.39 is 22.5 Å². The quantitative estimate of drug-likeness (QED) is 0.446. The maximum atomic E-state index is 13.0. The highest BCUT2D eigenvalue weighted by Crippen LogP contribution is 2.30. The zero-order valence-electron chi connectivity index (χ0n) is 18.7. The highest BCUT2D eigenvalue weighted by atomic mass is 35.5. The Labute approximate surface area is 203 Å². The number of benzene rings is 3. The molecule has 0 unspecified atom stereocenters. The first-order valence-electron chi connectivity index (χ1n) is 10.0. The molecule has 10 heteroatoms. The Morgan fingerprint density at radius 2 is 1.62 bits per heavy atom. The zero-order valence-corrected chi connectivity index (χ0v) is 20.3. The Hall–Kier alpha value is -3.40. The summed E-state index contributed by atoms with van der Waals surface area (Å²) < 4.78 is 37.1. The molecule has 0 aromatic heterocycles. The Bertz CT molecular complexity index is 1310. The molecule has 0 saturated carbocycles. The van der Waals surface area contributed by atoms with Crippen LogP contribution < -0.4 is 14.8 Å². The molecule has 0 aliphatic heterocycles. The minimum absolute atomic E-state index is 0.0631. The van der Waals surface area contributed by atoms with Crippen molar-refractivity contribution in [2.75, 3.05) is 33.1 Å². The van der Waals surface area contributed by atoms with Gasteiger partial charge < -0.3 is 14.8 Å². The lowest BCUT2D eigenvalue weighted by Crippen LogP contribution is -2.35. The average molecular weight is 503 g/mol. The Morgan fingerprint density at radius 3 is 2.26 bits per heavy atom. The zero-order chi connectivity index (χ0) is 24.9. The summed E-state index contributed by atoms with van der Waals surface area (Å²) in [4.78, 5) is 25.6. The summed E-state index contributed by atoms with van der Waals surface area (Å²) in [6, 6.07) is 17.2. The molecule has 0 aliphatic rings. The molecule has 0 aliphatic carbocycles. The normalized spacial score (nSPS) is 11.2. The van der Waals surface area contributed by atoms with Crippen LogP contribution in [0.3, 0.4) is 0 Å². The van der Waals surface area contributed by atoms with Crippen LogP contribution in [0, 0.1) is 0 Å². The maximum Gasteiger partial charge on any atom is 0.243 e. The Balaban J connectivity index is 1.80. The van der Waals surface area contributed by atoms with Crippen molar-refractivity contribution < 1.29 is 27.5 Å². The van der Waals surface area contributed by atoms with Crippen LogP contribution in [0.4, 0.5) is 5.69 Å².